The van der Waals surface area contributed by atoms with Crippen LogP contribution in [0.1, 0.15) is 54.4 Å². The van der Waals surface area contributed by atoms with Crippen molar-refractivity contribution in [1.82, 2.24) is 24.6 Å². The van der Waals surface area contributed by atoms with Crippen molar-refractivity contribution in [2.45, 2.75) is 57.7 Å². The molecule has 1 saturated heterocycles. The minimum Gasteiger partial charge on any atom is -0.357 e. The first kappa shape index (κ1) is 19.3. The minimum atomic E-state index is 0.401. The van der Waals surface area contributed by atoms with E-state index in [9.17, 15) is 0 Å². The van der Waals surface area contributed by atoms with E-state index in [4.69, 9.17) is 16.7 Å². The standard InChI is InChI=1S/C24H27ClN6/c1-16-6-9-26-22(12-16)29-10-7-17(8-11-29)24-28-27-23-15-30(20-3-4-20)14-18-13-19(25)2-5-21(18)31(23)24/h2,5-6,9,12-13,17,20H,3-4,7-8,10-11,14-15H2,1H3. The van der Waals surface area contributed by atoms with Gasteiger partial charge in [-0.15, -0.1) is 10.2 Å². The number of rotatable bonds is 3. The van der Waals surface area contributed by atoms with Crippen molar-refractivity contribution < 1.29 is 0 Å². The molecule has 2 aliphatic heterocycles. The molecule has 2 aromatic heterocycles. The van der Waals surface area contributed by atoms with Crippen molar-refractivity contribution >= 4 is 17.4 Å². The number of hydrogen-bond donors (Lipinski definition) is 0. The van der Waals surface area contributed by atoms with E-state index < -0.39 is 0 Å². The minimum absolute atomic E-state index is 0.401. The third-order valence-corrected chi connectivity index (χ3v) is 7.14. The second-order valence-corrected chi connectivity index (χ2v) is 9.61. The molecular formula is C24H27ClN6. The van der Waals surface area contributed by atoms with Gasteiger partial charge in [0.05, 0.1) is 12.2 Å². The SMILES string of the molecule is Cc1ccnc(N2CCC(c3nnc4n3-c3ccc(Cl)cc3CN(C3CC3)C4)CC2)c1. The summed E-state index contributed by atoms with van der Waals surface area (Å²) < 4.78 is 2.33. The average Bonchev–Trinajstić information content (AvgIpc) is 3.56. The first-order chi connectivity index (χ1) is 15.2. The Labute approximate surface area is 187 Å². The Bertz CT molecular complexity index is 1110. The third-order valence-electron chi connectivity index (χ3n) is 6.90. The second kappa shape index (κ2) is 7.61. The summed E-state index contributed by atoms with van der Waals surface area (Å²) in [7, 11) is 0. The predicted octanol–water partition coefficient (Wildman–Crippen LogP) is 4.49. The molecule has 0 bridgehead atoms. The third kappa shape index (κ3) is 3.62. The monoisotopic (exact) mass is 434 g/mol. The zero-order valence-electron chi connectivity index (χ0n) is 17.8. The number of hydrogen-bond acceptors (Lipinski definition) is 5. The molecule has 1 aromatic carbocycles. The van der Waals surface area contributed by atoms with Crippen LogP contribution in [0.3, 0.4) is 0 Å². The second-order valence-electron chi connectivity index (χ2n) is 9.17. The lowest BCUT2D eigenvalue weighted by Crippen LogP contribution is -2.34. The number of benzene rings is 1. The van der Waals surface area contributed by atoms with Gasteiger partial charge in [0.25, 0.3) is 0 Å². The molecule has 6 rings (SSSR count). The first-order valence-electron chi connectivity index (χ1n) is 11.3. The Hall–Kier alpha value is -2.44. The van der Waals surface area contributed by atoms with Crippen LogP contribution in [0.2, 0.25) is 5.02 Å². The van der Waals surface area contributed by atoms with Crippen LogP contribution in [0, 0.1) is 6.92 Å². The lowest BCUT2D eigenvalue weighted by molar-refractivity contribution is 0.243. The molecule has 3 aromatic rings. The molecule has 7 heteroatoms. The van der Waals surface area contributed by atoms with Crippen LogP contribution < -0.4 is 4.90 Å². The van der Waals surface area contributed by atoms with E-state index >= 15 is 0 Å². The van der Waals surface area contributed by atoms with Crippen molar-refractivity contribution in [3.63, 3.8) is 0 Å². The van der Waals surface area contributed by atoms with E-state index in [2.05, 4.69) is 55.6 Å². The summed E-state index contributed by atoms with van der Waals surface area (Å²) in [5.41, 5.74) is 3.73. The Morgan fingerprint density at radius 3 is 2.58 bits per heavy atom. The normalized spacial score (nSPS) is 19.7. The van der Waals surface area contributed by atoms with Crippen LogP contribution >= 0.6 is 11.6 Å². The van der Waals surface area contributed by atoms with Gasteiger partial charge in [0, 0.05) is 42.8 Å². The van der Waals surface area contributed by atoms with Gasteiger partial charge in [0.1, 0.15) is 11.6 Å². The van der Waals surface area contributed by atoms with E-state index in [1.165, 1.54) is 29.7 Å². The lowest BCUT2D eigenvalue weighted by atomic mass is 9.95. The van der Waals surface area contributed by atoms with Gasteiger partial charge >= 0.3 is 0 Å². The van der Waals surface area contributed by atoms with E-state index in [0.29, 0.717) is 12.0 Å². The van der Waals surface area contributed by atoms with Gasteiger partial charge in [-0.25, -0.2) is 4.98 Å². The molecule has 1 saturated carbocycles. The lowest BCUT2D eigenvalue weighted by Gasteiger charge is -2.32. The van der Waals surface area contributed by atoms with Gasteiger partial charge < -0.3 is 4.90 Å². The fourth-order valence-electron chi connectivity index (χ4n) is 5.07. The van der Waals surface area contributed by atoms with Crippen molar-refractivity contribution in [3.8, 4) is 5.69 Å². The molecule has 31 heavy (non-hydrogen) atoms. The summed E-state index contributed by atoms with van der Waals surface area (Å²) in [6.45, 7) is 5.89. The largest absolute Gasteiger partial charge is 0.357 e. The Morgan fingerprint density at radius 2 is 1.81 bits per heavy atom. The van der Waals surface area contributed by atoms with Crippen LogP contribution in [-0.2, 0) is 13.1 Å². The smallest absolute Gasteiger partial charge is 0.151 e. The highest BCUT2D eigenvalue weighted by molar-refractivity contribution is 6.30. The number of fused-ring (bicyclic) bond motifs is 3. The fraction of sp³-hybridized carbons (Fsp3) is 0.458. The molecule has 0 spiro atoms. The van der Waals surface area contributed by atoms with Crippen LogP contribution in [0.4, 0.5) is 5.82 Å². The quantitative estimate of drug-likeness (QED) is 0.608. The molecule has 0 radical (unpaired) electrons. The molecule has 2 fully saturated rings. The summed E-state index contributed by atoms with van der Waals surface area (Å²) in [5, 5.41) is 10.2. The summed E-state index contributed by atoms with van der Waals surface area (Å²) in [6.07, 6.45) is 6.58. The molecule has 0 N–H and O–H groups in total. The molecular weight excluding hydrogens is 408 g/mol. The van der Waals surface area contributed by atoms with Gasteiger partial charge in [-0.2, -0.15) is 0 Å². The number of pyridine rings is 1. The summed E-state index contributed by atoms with van der Waals surface area (Å²) >= 11 is 6.38. The van der Waals surface area contributed by atoms with Crippen molar-refractivity contribution in [3.05, 3.63) is 64.3 Å². The maximum atomic E-state index is 6.38. The van der Waals surface area contributed by atoms with Crippen LogP contribution in [-0.4, -0.2) is 43.8 Å². The van der Waals surface area contributed by atoms with Gasteiger partial charge in [0.2, 0.25) is 0 Å². The maximum absolute atomic E-state index is 6.38. The highest BCUT2D eigenvalue weighted by Crippen LogP contribution is 2.37. The molecule has 1 aliphatic carbocycles. The number of halogens is 1. The summed E-state index contributed by atoms with van der Waals surface area (Å²) in [4.78, 5) is 9.51. The van der Waals surface area contributed by atoms with Crippen LogP contribution in [0.5, 0.6) is 0 Å². The van der Waals surface area contributed by atoms with Gasteiger partial charge in [-0.1, -0.05) is 11.6 Å². The van der Waals surface area contributed by atoms with Gasteiger partial charge in [-0.3, -0.25) is 9.47 Å². The molecule has 6 nitrogen and oxygen atoms in total. The van der Waals surface area contributed by atoms with Crippen molar-refractivity contribution in [2.24, 2.45) is 0 Å². The molecule has 0 unspecified atom stereocenters. The van der Waals surface area contributed by atoms with Gasteiger partial charge in [0.15, 0.2) is 5.82 Å². The predicted molar refractivity (Wildman–Crippen MR) is 122 cm³/mol. The topological polar surface area (TPSA) is 50.1 Å². The molecule has 3 aliphatic rings. The number of anilines is 1. The van der Waals surface area contributed by atoms with Crippen LogP contribution in [0.25, 0.3) is 5.69 Å². The van der Waals surface area contributed by atoms with Crippen molar-refractivity contribution in [1.29, 1.82) is 0 Å². The molecule has 0 amide bonds. The summed E-state index contributed by atoms with van der Waals surface area (Å²) in [6, 6.07) is 11.2. The van der Waals surface area contributed by atoms with E-state index in [1.807, 2.05) is 12.3 Å². The zero-order valence-corrected chi connectivity index (χ0v) is 18.6. The van der Waals surface area contributed by atoms with E-state index in [0.717, 1.165) is 61.5 Å². The molecule has 160 valence electrons. The summed E-state index contributed by atoms with van der Waals surface area (Å²) in [5.74, 6) is 3.65. The first-order valence-corrected chi connectivity index (χ1v) is 11.7. The number of piperidine rings is 1. The Morgan fingerprint density at radius 1 is 0.968 bits per heavy atom. The Balaban J connectivity index is 1.31. The molecule has 0 atom stereocenters. The van der Waals surface area contributed by atoms with E-state index in [1.54, 1.807) is 0 Å². The van der Waals surface area contributed by atoms with Crippen molar-refractivity contribution in [2.75, 3.05) is 18.0 Å². The highest BCUT2D eigenvalue weighted by Gasteiger charge is 2.35. The number of nitrogens with zero attached hydrogens (tertiary/aromatic N) is 6. The van der Waals surface area contributed by atoms with E-state index in [-0.39, 0.29) is 0 Å². The Kier molecular flexibility index (Phi) is 4.73. The van der Waals surface area contributed by atoms with Crippen LogP contribution in [0.15, 0.2) is 36.5 Å². The maximum Gasteiger partial charge on any atom is 0.151 e. The average molecular weight is 435 g/mol. The van der Waals surface area contributed by atoms with Gasteiger partial charge in [-0.05, 0) is 74.1 Å². The number of aromatic nitrogens is 4. The zero-order chi connectivity index (χ0) is 20.9. The fourth-order valence-corrected chi connectivity index (χ4v) is 5.27. The molecule has 4 heterocycles. The number of aryl methyl sites for hydroxylation is 1. The highest BCUT2D eigenvalue weighted by atomic mass is 35.5.